The molecule has 0 bridgehead atoms. The molecule has 0 aliphatic carbocycles. The van der Waals surface area contributed by atoms with Crippen molar-refractivity contribution in [2.75, 3.05) is 17.2 Å². The van der Waals surface area contributed by atoms with Crippen molar-refractivity contribution >= 4 is 33.3 Å². The SMILES string of the molecule is CCNc1nc(NC(C)C(C)CC)c2cc(CC)sc2n1. The second-order valence-electron chi connectivity index (χ2n) is 5.53. The molecule has 2 N–H and O–H groups in total. The third-order valence-electron chi connectivity index (χ3n) is 3.99. The third-order valence-corrected chi connectivity index (χ3v) is 5.16. The van der Waals surface area contributed by atoms with Crippen molar-refractivity contribution in [3.8, 4) is 0 Å². The van der Waals surface area contributed by atoms with E-state index in [1.165, 1.54) is 4.88 Å². The molecule has 21 heavy (non-hydrogen) atoms. The number of thiophene rings is 1. The van der Waals surface area contributed by atoms with Crippen LogP contribution < -0.4 is 10.6 Å². The van der Waals surface area contributed by atoms with Crippen molar-refractivity contribution in [1.29, 1.82) is 0 Å². The fourth-order valence-electron chi connectivity index (χ4n) is 2.20. The highest BCUT2D eigenvalue weighted by Crippen LogP contribution is 2.31. The minimum absolute atomic E-state index is 0.396. The van der Waals surface area contributed by atoms with Crippen molar-refractivity contribution in [2.24, 2.45) is 5.92 Å². The number of nitrogens with zero attached hydrogens (tertiary/aromatic N) is 2. The van der Waals surface area contributed by atoms with Crippen LogP contribution >= 0.6 is 11.3 Å². The van der Waals surface area contributed by atoms with Crippen LogP contribution in [0.2, 0.25) is 0 Å². The number of hydrogen-bond acceptors (Lipinski definition) is 5. The van der Waals surface area contributed by atoms with Crippen LogP contribution in [0.25, 0.3) is 10.2 Å². The van der Waals surface area contributed by atoms with Gasteiger partial charge < -0.3 is 10.6 Å². The highest BCUT2D eigenvalue weighted by atomic mass is 32.1. The van der Waals surface area contributed by atoms with E-state index < -0.39 is 0 Å². The zero-order valence-electron chi connectivity index (χ0n) is 13.7. The van der Waals surface area contributed by atoms with E-state index in [4.69, 9.17) is 0 Å². The van der Waals surface area contributed by atoms with Gasteiger partial charge in [-0.25, -0.2) is 4.98 Å². The average molecular weight is 306 g/mol. The Balaban J connectivity index is 2.40. The first-order valence-corrected chi connectivity index (χ1v) is 8.71. The summed E-state index contributed by atoms with van der Waals surface area (Å²) in [6.45, 7) is 11.8. The van der Waals surface area contributed by atoms with E-state index in [0.717, 1.165) is 35.4 Å². The Morgan fingerprint density at radius 2 is 1.95 bits per heavy atom. The molecule has 2 aromatic rings. The molecular weight excluding hydrogens is 280 g/mol. The van der Waals surface area contributed by atoms with E-state index in [-0.39, 0.29) is 0 Å². The molecule has 2 atom stereocenters. The lowest BCUT2D eigenvalue weighted by Gasteiger charge is -2.21. The van der Waals surface area contributed by atoms with Gasteiger partial charge in [-0.3, -0.25) is 0 Å². The van der Waals surface area contributed by atoms with Gasteiger partial charge in [0.15, 0.2) is 0 Å². The number of rotatable bonds is 7. The van der Waals surface area contributed by atoms with Crippen molar-refractivity contribution in [1.82, 2.24) is 9.97 Å². The molecule has 2 rings (SSSR count). The molecule has 4 nitrogen and oxygen atoms in total. The molecule has 5 heteroatoms. The van der Waals surface area contributed by atoms with Gasteiger partial charge in [-0.05, 0) is 32.3 Å². The fourth-order valence-corrected chi connectivity index (χ4v) is 3.17. The molecule has 2 aromatic heterocycles. The van der Waals surface area contributed by atoms with Gasteiger partial charge in [-0.15, -0.1) is 11.3 Å². The van der Waals surface area contributed by atoms with Crippen LogP contribution in [0.3, 0.4) is 0 Å². The fraction of sp³-hybridized carbons (Fsp3) is 0.625. The number of anilines is 2. The highest BCUT2D eigenvalue weighted by Gasteiger charge is 2.15. The summed E-state index contributed by atoms with van der Waals surface area (Å²) in [5, 5.41) is 7.96. The molecule has 0 saturated heterocycles. The van der Waals surface area contributed by atoms with Gasteiger partial charge in [0.05, 0.1) is 5.39 Å². The molecule has 0 aliphatic heterocycles. The number of nitrogens with one attached hydrogen (secondary N) is 2. The van der Waals surface area contributed by atoms with Crippen LogP contribution in [0.1, 0.15) is 45.9 Å². The highest BCUT2D eigenvalue weighted by molar-refractivity contribution is 7.18. The van der Waals surface area contributed by atoms with Crippen LogP contribution in [0, 0.1) is 5.92 Å². The molecule has 0 aromatic carbocycles. The molecule has 0 saturated carbocycles. The first-order valence-electron chi connectivity index (χ1n) is 7.89. The zero-order chi connectivity index (χ0) is 15.4. The normalized spacial score (nSPS) is 14.1. The van der Waals surface area contributed by atoms with Crippen LogP contribution in [-0.4, -0.2) is 22.6 Å². The lowest BCUT2D eigenvalue weighted by molar-refractivity contribution is 0.494. The summed E-state index contributed by atoms with van der Waals surface area (Å²) >= 11 is 1.76. The van der Waals surface area contributed by atoms with Gasteiger partial charge >= 0.3 is 0 Å². The molecule has 0 spiro atoms. The summed E-state index contributed by atoms with van der Waals surface area (Å²) in [4.78, 5) is 11.7. The number of fused-ring (bicyclic) bond motifs is 1. The molecule has 0 amide bonds. The second-order valence-corrected chi connectivity index (χ2v) is 6.64. The molecule has 2 unspecified atom stereocenters. The van der Waals surface area contributed by atoms with E-state index in [1.807, 2.05) is 0 Å². The third kappa shape index (κ3) is 3.64. The summed E-state index contributed by atoms with van der Waals surface area (Å²) in [7, 11) is 0. The van der Waals surface area contributed by atoms with Gasteiger partial charge in [0.1, 0.15) is 10.6 Å². The first kappa shape index (κ1) is 16.0. The first-order chi connectivity index (χ1) is 10.1. The molecule has 0 fully saturated rings. The summed E-state index contributed by atoms with van der Waals surface area (Å²) < 4.78 is 0. The van der Waals surface area contributed by atoms with Gasteiger partial charge in [0.2, 0.25) is 5.95 Å². The lowest BCUT2D eigenvalue weighted by atomic mass is 10.0. The van der Waals surface area contributed by atoms with E-state index in [9.17, 15) is 0 Å². The topological polar surface area (TPSA) is 49.8 Å². The predicted molar refractivity (Wildman–Crippen MR) is 93.5 cm³/mol. The summed E-state index contributed by atoms with van der Waals surface area (Å²) in [5.41, 5.74) is 0. The Kier molecular flexibility index (Phi) is 5.39. The van der Waals surface area contributed by atoms with E-state index in [0.29, 0.717) is 17.9 Å². The Hall–Kier alpha value is -1.36. The van der Waals surface area contributed by atoms with E-state index in [1.54, 1.807) is 11.3 Å². The molecule has 0 aliphatic rings. The van der Waals surface area contributed by atoms with Crippen molar-refractivity contribution in [3.63, 3.8) is 0 Å². The van der Waals surface area contributed by atoms with Gasteiger partial charge in [0, 0.05) is 17.5 Å². The maximum absolute atomic E-state index is 4.67. The largest absolute Gasteiger partial charge is 0.367 e. The molecule has 116 valence electrons. The molecular formula is C16H26N4S. The van der Waals surface area contributed by atoms with Gasteiger partial charge in [-0.1, -0.05) is 27.2 Å². The van der Waals surface area contributed by atoms with Gasteiger partial charge in [0.25, 0.3) is 0 Å². The Morgan fingerprint density at radius 1 is 1.19 bits per heavy atom. The zero-order valence-corrected chi connectivity index (χ0v) is 14.5. The van der Waals surface area contributed by atoms with Crippen LogP contribution in [0.4, 0.5) is 11.8 Å². The number of aromatic nitrogens is 2. The minimum atomic E-state index is 0.396. The van der Waals surface area contributed by atoms with Crippen molar-refractivity contribution in [2.45, 2.75) is 53.5 Å². The molecule has 2 heterocycles. The summed E-state index contributed by atoms with van der Waals surface area (Å²) in [6, 6.07) is 2.62. The quantitative estimate of drug-likeness (QED) is 0.789. The molecule has 0 radical (unpaired) electrons. The van der Waals surface area contributed by atoms with Crippen molar-refractivity contribution < 1.29 is 0 Å². The standard InChI is InChI=1S/C16H26N4S/c1-6-10(4)11(5)18-14-13-9-12(7-2)21-15(13)20-16(19-14)17-8-3/h9-11H,6-8H2,1-5H3,(H2,17,18,19,20). The summed E-state index contributed by atoms with van der Waals surface area (Å²) in [6.07, 6.45) is 2.20. The van der Waals surface area contributed by atoms with E-state index >= 15 is 0 Å². The summed E-state index contributed by atoms with van der Waals surface area (Å²) in [5.74, 6) is 2.29. The Bertz CT molecular complexity index is 593. The Labute approximate surface area is 131 Å². The van der Waals surface area contributed by atoms with Crippen LogP contribution in [-0.2, 0) is 6.42 Å². The lowest BCUT2D eigenvalue weighted by Crippen LogP contribution is -2.24. The smallest absolute Gasteiger partial charge is 0.226 e. The maximum Gasteiger partial charge on any atom is 0.226 e. The predicted octanol–water partition coefficient (Wildman–Crippen LogP) is 4.53. The number of aryl methyl sites for hydroxylation is 1. The van der Waals surface area contributed by atoms with Crippen LogP contribution in [0.15, 0.2) is 6.07 Å². The average Bonchev–Trinajstić information content (AvgIpc) is 2.90. The minimum Gasteiger partial charge on any atom is -0.367 e. The van der Waals surface area contributed by atoms with E-state index in [2.05, 4.69) is 61.3 Å². The van der Waals surface area contributed by atoms with Gasteiger partial charge in [-0.2, -0.15) is 4.98 Å². The maximum atomic E-state index is 4.67. The van der Waals surface area contributed by atoms with Crippen molar-refractivity contribution in [3.05, 3.63) is 10.9 Å². The Morgan fingerprint density at radius 3 is 2.57 bits per heavy atom. The second kappa shape index (κ2) is 7.07. The number of hydrogen-bond donors (Lipinski definition) is 2. The van der Waals surface area contributed by atoms with Crippen LogP contribution in [0.5, 0.6) is 0 Å². The monoisotopic (exact) mass is 306 g/mol.